The Kier molecular flexibility index (Phi) is 10.6. The molecule has 2 N–H and O–H groups in total. The van der Waals surface area contributed by atoms with Crippen LogP contribution < -0.4 is 10.2 Å². The number of phenols is 1. The van der Waals surface area contributed by atoms with E-state index >= 15 is 0 Å². The van der Waals surface area contributed by atoms with Crippen LogP contribution in [0.1, 0.15) is 24.1 Å². The number of terminal acetylenes is 1. The summed E-state index contributed by atoms with van der Waals surface area (Å²) in [4.78, 5) is 46.8. The predicted molar refractivity (Wildman–Crippen MR) is 175 cm³/mol. The zero-order valence-electron chi connectivity index (χ0n) is 24.7. The average molecular weight is 631 g/mol. The fraction of sp³-hybridized carbons (Fsp3) is 0.324. The minimum absolute atomic E-state index is 0. The molecule has 2 saturated heterocycles. The third kappa shape index (κ3) is 7.33. The van der Waals surface area contributed by atoms with Crippen molar-refractivity contribution in [2.75, 3.05) is 38.6 Å². The maximum Gasteiger partial charge on any atom is 0.334 e. The number of phenolic OH excluding ortho intramolecular Hbond substituents is 1. The van der Waals surface area contributed by atoms with Gasteiger partial charge in [0, 0.05) is 33.6 Å². The van der Waals surface area contributed by atoms with Crippen LogP contribution in [-0.2, 0) is 29.1 Å². The van der Waals surface area contributed by atoms with Crippen molar-refractivity contribution in [3.63, 3.8) is 0 Å². The number of piperazine rings is 1. The number of benzene rings is 3. The number of carbonyl (C=O) groups excluding carboxylic acids is 3. The topological polar surface area (TPSA) is 99.7 Å². The summed E-state index contributed by atoms with van der Waals surface area (Å²) >= 11 is 6.41. The lowest BCUT2D eigenvalue weighted by Gasteiger charge is -2.55. The van der Waals surface area contributed by atoms with Gasteiger partial charge in [-0.3, -0.25) is 9.59 Å². The maximum atomic E-state index is 14.2. The van der Waals surface area contributed by atoms with Crippen molar-refractivity contribution in [1.82, 2.24) is 25.1 Å². The van der Waals surface area contributed by atoms with Gasteiger partial charge in [0.1, 0.15) is 18.0 Å². The lowest BCUT2D eigenvalue weighted by Crippen LogP contribution is -2.76. The fourth-order valence-electron chi connectivity index (χ4n) is 5.71. The van der Waals surface area contributed by atoms with Crippen molar-refractivity contribution in [3.8, 4) is 18.1 Å². The van der Waals surface area contributed by atoms with Crippen molar-refractivity contribution in [3.05, 3.63) is 94.5 Å². The number of urea groups is 1. The maximum absolute atomic E-state index is 14.2. The molecule has 236 valence electrons. The zero-order chi connectivity index (χ0) is 31.4. The Morgan fingerprint density at radius 3 is 2.40 bits per heavy atom. The van der Waals surface area contributed by atoms with Crippen LogP contribution in [-0.4, -0.2) is 88.7 Å². The van der Waals surface area contributed by atoms with Gasteiger partial charge < -0.3 is 25.1 Å². The molecule has 10 nitrogen and oxygen atoms in total. The van der Waals surface area contributed by atoms with Crippen molar-refractivity contribution >= 4 is 35.1 Å². The molecule has 2 aliphatic heterocycles. The molecule has 2 aliphatic rings. The highest BCUT2D eigenvalue weighted by Crippen LogP contribution is 2.31. The smallest absolute Gasteiger partial charge is 0.334 e. The molecule has 3 aromatic carbocycles. The number of fused-ring (bicyclic) bond motifs is 1. The summed E-state index contributed by atoms with van der Waals surface area (Å²) in [7, 11) is 3.78. The van der Waals surface area contributed by atoms with Crippen LogP contribution in [0, 0.1) is 12.3 Å². The van der Waals surface area contributed by atoms with Crippen LogP contribution in [0.25, 0.3) is 0 Å². The Balaban J connectivity index is 0.00000461. The minimum atomic E-state index is -0.885. The lowest BCUT2D eigenvalue weighted by molar-refractivity contribution is -0.189. The number of amides is 4. The summed E-state index contributed by atoms with van der Waals surface area (Å²) < 4.78 is 0. The van der Waals surface area contributed by atoms with Gasteiger partial charge in [-0.25, -0.2) is 9.80 Å². The highest BCUT2D eigenvalue weighted by atomic mass is 35.5. The fourth-order valence-corrected chi connectivity index (χ4v) is 6.00. The summed E-state index contributed by atoms with van der Waals surface area (Å²) in [5, 5.41) is 16.4. The van der Waals surface area contributed by atoms with Gasteiger partial charge in [0.15, 0.2) is 0 Å². The Labute approximate surface area is 269 Å². The standard InChI is InChI=1S/C33H35ClN6O4.CH4/c1-4-16-38-22-31(42)39-29(17-23-10-13-26(41)14-11-23)32(43)37(20-25-12-15-27(34)28(18-25)36(2)3)21-30(39)40(38)33(44)35-19-24-8-6-5-7-9-24;/h1,5-15,18,29-30,41H,16-17,19-22H2,2-3H3,(H,35,44);1H4/t29-,30-;/m0./s1. The molecule has 3 aromatic rings. The quantitative estimate of drug-likeness (QED) is 0.366. The number of halogens is 1. The molecule has 45 heavy (non-hydrogen) atoms. The third-order valence-electron chi connectivity index (χ3n) is 7.83. The molecular formula is C34H39ClN6O4. The molecule has 2 heterocycles. The van der Waals surface area contributed by atoms with Gasteiger partial charge in [-0.05, 0) is 41.0 Å². The van der Waals surface area contributed by atoms with E-state index in [1.165, 1.54) is 9.91 Å². The van der Waals surface area contributed by atoms with Gasteiger partial charge >= 0.3 is 6.03 Å². The molecule has 0 radical (unpaired) electrons. The monoisotopic (exact) mass is 630 g/mol. The number of hydrogen-bond donors (Lipinski definition) is 2. The lowest BCUT2D eigenvalue weighted by atomic mass is 9.98. The Bertz CT molecular complexity index is 1560. The van der Waals surface area contributed by atoms with E-state index < -0.39 is 18.2 Å². The zero-order valence-corrected chi connectivity index (χ0v) is 25.4. The van der Waals surface area contributed by atoms with E-state index in [-0.39, 0.29) is 64.1 Å². The molecule has 0 saturated carbocycles. The van der Waals surface area contributed by atoms with Crippen LogP contribution in [0.2, 0.25) is 5.02 Å². The first-order chi connectivity index (χ1) is 21.2. The highest BCUT2D eigenvalue weighted by molar-refractivity contribution is 6.33. The molecule has 0 aliphatic carbocycles. The molecule has 5 rings (SSSR count). The first-order valence-corrected chi connectivity index (χ1v) is 14.7. The normalized spacial score (nSPS) is 18.1. The van der Waals surface area contributed by atoms with Crippen LogP contribution in [0.5, 0.6) is 5.75 Å². The number of nitrogens with one attached hydrogen (secondary N) is 1. The van der Waals surface area contributed by atoms with Gasteiger partial charge in [-0.2, -0.15) is 5.01 Å². The number of rotatable bonds is 8. The molecule has 0 unspecified atom stereocenters. The number of hydrazine groups is 1. The second kappa shape index (κ2) is 14.4. The van der Waals surface area contributed by atoms with Crippen molar-refractivity contribution in [1.29, 1.82) is 0 Å². The molecular weight excluding hydrogens is 592 g/mol. The Hall–Kier alpha value is -4.72. The minimum Gasteiger partial charge on any atom is -0.508 e. The predicted octanol–water partition coefficient (Wildman–Crippen LogP) is 3.93. The van der Waals surface area contributed by atoms with E-state index in [1.54, 1.807) is 40.2 Å². The second-order valence-electron chi connectivity index (χ2n) is 11.1. The van der Waals surface area contributed by atoms with E-state index in [0.717, 1.165) is 22.4 Å². The molecule has 4 amide bonds. The van der Waals surface area contributed by atoms with E-state index in [0.29, 0.717) is 5.02 Å². The van der Waals surface area contributed by atoms with E-state index in [2.05, 4.69) is 11.2 Å². The molecule has 2 atom stereocenters. The molecule has 11 heteroatoms. The third-order valence-corrected chi connectivity index (χ3v) is 8.15. The van der Waals surface area contributed by atoms with E-state index in [4.69, 9.17) is 18.0 Å². The van der Waals surface area contributed by atoms with Crippen molar-refractivity contribution < 1.29 is 19.5 Å². The number of aromatic hydroxyl groups is 1. The van der Waals surface area contributed by atoms with Crippen molar-refractivity contribution in [2.45, 2.75) is 39.1 Å². The van der Waals surface area contributed by atoms with E-state index in [9.17, 15) is 19.5 Å². The van der Waals surface area contributed by atoms with Gasteiger partial charge in [0.05, 0.1) is 30.3 Å². The number of hydrogen-bond acceptors (Lipinski definition) is 6. The average Bonchev–Trinajstić information content (AvgIpc) is 3.00. The second-order valence-corrected chi connectivity index (χ2v) is 11.5. The SMILES string of the molecule is C.C#CCN1CC(=O)N2[C@@H](Cc3ccc(O)cc3)C(=O)N(Cc3ccc(Cl)c(N(C)C)c3)C[C@@H]2N1C(=O)NCc1ccccc1. The van der Waals surface area contributed by atoms with Gasteiger partial charge in [-0.1, -0.05) is 73.5 Å². The number of anilines is 1. The van der Waals surface area contributed by atoms with Crippen LogP contribution in [0.3, 0.4) is 0 Å². The highest BCUT2D eigenvalue weighted by Gasteiger charge is 2.51. The first kappa shape index (κ1) is 33.2. The van der Waals surface area contributed by atoms with Crippen LogP contribution >= 0.6 is 11.6 Å². The molecule has 0 spiro atoms. The van der Waals surface area contributed by atoms with Crippen LogP contribution in [0.4, 0.5) is 10.5 Å². The summed E-state index contributed by atoms with van der Waals surface area (Å²) in [5.41, 5.74) is 3.35. The van der Waals surface area contributed by atoms with Crippen LogP contribution in [0.15, 0.2) is 72.8 Å². The number of carbonyl (C=O) groups is 3. The number of nitrogens with zero attached hydrogens (tertiary/aromatic N) is 5. The Morgan fingerprint density at radius 2 is 1.73 bits per heavy atom. The largest absolute Gasteiger partial charge is 0.508 e. The summed E-state index contributed by atoms with van der Waals surface area (Å²) in [6.07, 6.45) is 5.07. The Morgan fingerprint density at radius 1 is 1.04 bits per heavy atom. The summed E-state index contributed by atoms with van der Waals surface area (Å²) in [6, 6.07) is 20.3. The first-order valence-electron chi connectivity index (χ1n) is 14.3. The van der Waals surface area contributed by atoms with Gasteiger partial charge in [0.2, 0.25) is 11.8 Å². The molecule has 0 aromatic heterocycles. The van der Waals surface area contributed by atoms with Crippen molar-refractivity contribution in [2.24, 2.45) is 0 Å². The molecule has 2 fully saturated rings. The molecule has 0 bridgehead atoms. The van der Waals surface area contributed by atoms with E-state index in [1.807, 2.05) is 61.5 Å². The van der Waals surface area contributed by atoms with Gasteiger partial charge in [0.25, 0.3) is 0 Å². The summed E-state index contributed by atoms with van der Waals surface area (Å²) in [6.45, 7) is 0.488. The summed E-state index contributed by atoms with van der Waals surface area (Å²) in [5.74, 6) is 2.13. The van der Waals surface area contributed by atoms with Gasteiger partial charge in [-0.15, -0.1) is 6.42 Å².